The van der Waals surface area contributed by atoms with Gasteiger partial charge in [0.05, 0.1) is 0 Å². The normalized spacial score (nSPS) is 11.4. The lowest BCUT2D eigenvalue weighted by Gasteiger charge is -2.12. The van der Waals surface area contributed by atoms with Crippen molar-refractivity contribution in [2.45, 2.75) is 33.6 Å². The number of carbonyl (C=O) groups is 1. The molecule has 1 amide bonds. The van der Waals surface area contributed by atoms with E-state index in [1.807, 2.05) is 32.0 Å². The van der Waals surface area contributed by atoms with Crippen LogP contribution in [0.1, 0.15) is 37.8 Å². The van der Waals surface area contributed by atoms with Gasteiger partial charge in [-0.25, -0.2) is 0 Å². The molecule has 19 heavy (non-hydrogen) atoms. The fourth-order valence-electron chi connectivity index (χ4n) is 1.80. The first-order valence-electron chi connectivity index (χ1n) is 6.59. The number of hydrogen-bond acceptors (Lipinski definition) is 2. The van der Waals surface area contributed by atoms with Gasteiger partial charge in [-0.2, -0.15) is 0 Å². The average Bonchev–Trinajstić information content (AvgIpc) is 2.39. The van der Waals surface area contributed by atoms with Crippen LogP contribution in [0.25, 0.3) is 0 Å². The van der Waals surface area contributed by atoms with Gasteiger partial charge < -0.3 is 10.4 Å². The highest BCUT2D eigenvalue weighted by molar-refractivity contribution is 5.92. The van der Waals surface area contributed by atoms with E-state index >= 15 is 0 Å². The zero-order valence-electron chi connectivity index (χ0n) is 11.8. The van der Waals surface area contributed by atoms with Crippen LogP contribution in [-0.2, 0) is 4.79 Å². The number of hydrogen-bond donors (Lipinski definition) is 2. The Morgan fingerprint density at radius 1 is 1.47 bits per heavy atom. The fourth-order valence-corrected chi connectivity index (χ4v) is 1.80. The molecule has 102 valence electrons. The zero-order valence-corrected chi connectivity index (χ0v) is 11.8. The van der Waals surface area contributed by atoms with E-state index in [1.165, 1.54) is 0 Å². The van der Waals surface area contributed by atoms with E-state index in [9.17, 15) is 4.79 Å². The van der Waals surface area contributed by atoms with Crippen LogP contribution < -0.4 is 5.32 Å². The first-order chi connectivity index (χ1) is 9.08. The number of aliphatic hydroxyl groups excluding tert-OH is 1. The molecule has 0 aliphatic heterocycles. The summed E-state index contributed by atoms with van der Waals surface area (Å²) < 4.78 is 0. The van der Waals surface area contributed by atoms with E-state index in [1.54, 1.807) is 0 Å². The summed E-state index contributed by atoms with van der Waals surface area (Å²) in [5, 5.41) is 11.6. The lowest BCUT2D eigenvalue weighted by molar-refractivity contribution is -0.119. The van der Waals surface area contributed by atoms with Gasteiger partial charge in [0.2, 0.25) is 5.91 Å². The summed E-state index contributed by atoms with van der Waals surface area (Å²) in [6.45, 7) is 5.79. The Morgan fingerprint density at radius 3 is 2.84 bits per heavy atom. The molecule has 0 aliphatic rings. The van der Waals surface area contributed by atoms with E-state index < -0.39 is 0 Å². The highest BCUT2D eigenvalue weighted by Crippen LogP contribution is 2.16. The molecule has 0 radical (unpaired) electrons. The molecule has 1 aromatic rings. The maximum atomic E-state index is 11.9. The van der Waals surface area contributed by atoms with Crippen molar-refractivity contribution in [1.29, 1.82) is 0 Å². The Hall–Kier alpha value is -1.79. The van der Waals surface area contributed by atoms with Crippen LogP contribution in [0, 0.1) is 24.7 Å². The number of aryl methyl sites for hydroxylation is 1. The Balaban J connectivity index is 2.82. The van der Waals surface area contributed by atoms with Crippen LogP contribution >= 0.6 is 0 Å². The van der Waals surface area contributed by atoms with Crippen LogP contribution in [0.5, 0.6) is 0 Å². The van der Waals surface area contributed by atoms with Crippen molar-refractivity contribution in [3.8, 4) is 11.8 Å². The van der Waals surface area contributed by atoms with Crippen molar-refractivity contribution in [3.05, 3.63) is 29.3 Å². The first kappa shape index (κ1) is 15.3. The van der Waals surface area contributed by atoms with E-state index in [-0.39, 0.29) is 18.4 Å². The second-order valence-electron chi connectivity index (χ2n) is 4.67. The number of amides is 1. The summed E-state index contributed by atoms with van der Waals surface area (Å²) in [4.78, 5) is 11.9. The third-order valence-electron chi connectivity index (χ3n) is 2.98. The monoisotopic (exact) mass is 259 g/mol. The quantitative estimate of drug-likeness (QED) is 0.817. The molecule has 0 aliphatic carbocycles. The summed E-state index contributed by atoms with van der Waals surface area (Å²) in [7, 11) is 0. The number of benzene rings is 1. The molecule has 0 fully saturated rings. The van der Waals surface area contributed by atoms with E-state index in [0.29, 0.717) is 0 Å². The van der Waals surface area contributed by atoms with Gasteiger partial charge in [-0.05, 0) is 31.0 Å². The minimum atomic E-state index is -0.163. The molecule has 1 unspecified atom stereocenters. The van der Waals surface area contributed by atoms with Crippen LogP contribution in [0.3, 0.4) is 0 Å². The fraction of sp³-hybridized carbons (Fsp3) is 0.438. The largest absolute Gasteiger partial charge is 0.384 e. The predicted octanol–water partition coefficient (Wildman–Crippen LogP) is 2.71. The van der Waals surface area contributed by atoms with E-state index in [2.05, 4.69) is 24.1 Å². The van der Waals surface area contributed by atoms with Crippen LogP contribution in [0.2, 0.25) is 0 Å². The van der Waals surface area contributed by atoms with Crippen molar-refractivity contribution in [2.75, 3.05) is 11.9 Å². The molecule has 3 heteroatoms. The summed E-state index contributed by atoms with van der Waals surface area (Å²) in [6.07, 6.45) is 1.88. The molecule has 0 heterocycles. The molecule has 0 saturated carbocycles. The van der Waals surface area contributed by atoms with Gasteiger partial charge in [0.15, 0.2) is 0 Å². The molecule has 0 bridgehead atoms. The average molecular weight is 259 g/mol. The van der Waals surface area contributed by atoms with Crippen LogP contribution in [0.4, 0.5) is 5.69 Å². The molecule has 0 aromatic heterocycles. The Labute approximate surface area is 115 Å². The predicted molar refractivity (Wildman–Crippen MR) is 77.8 cm³/mol. The smallest absolute Gasteiger partial charge is 0.227 e. The van der Waals surface area contributed by atoms with Crippen molar-refractivity contribution >= 4 is 11.6 Å². The van der Waals surface area contributed by atoms with Gasteiger partial charge in [0, 0.05) is 17.2 Å². The van der Waals surface area contributed by atoms with Gasteiger partial charge in [-0.1, -0.05) is 38.2 Å². The van der Waals surface area contributed by atoms with Gasteiger partial charge in [0.25, 0.3) is 0 Å². The topological polar surface area (TPSA) is 49.3 Å². The molecule has 3 nitrogen and oxygen atoms in total. The molecule has 2 N–H and O–H groups in total. The Morgan fingerprint density at radius 2 is 2.21 bits per heavy atom. The van der Waals surface area contributed by atoms with Gasteiger partial charge in [-0.15, -0.1) is 0 Å². The maximum Gasteiger partial charge on any atom is 0.227 e. The SMILES string of the molecule is CCCC(C)C(=O)Nc1ccc(C)c(C#CCO)c1. The lowest BCUT2D eigenvalue weighted by atomic mass is 10.0. The number of anilines is 1. The number of nitrogens with one attached hydrogen (secondary N) is 1. The Bertz CT molecular complexity index is 497. The summed E-state index contributed by atoms with van der Waals surface area (Å²) in [5.74, 6) is 5.55. The van der Waals surface area contributed by atoms with Crippen molar-refractivity contribution in [3.63, 3.8) is 0 Å². The molecule has 1 aromatic carbocycles. The van der Waals surface area contributed by atoms with Crippen molar-refractivity contribution in [1.82, 2.24) is 0 Å². The summed E-state index contributed by atoms with van der Waals surface area (Å²) in [5.41, 5.74) is 2.61. The minimum absolute atomic E-state index is 0.0123. The third-order valence-corrected chi connectivity index (χ3v) is 2.98. The van der Waals surface area contributed by atoms with E-state index in [0.717, 1.165) is 29.7 Å². The second kappa shape index (κ2) is 7.60. The Kier molecular flexibility index (Phi) is 6.11. The molecular formula is C16H21NO2. The molecule has 1 atom stereocenters. The van der Waals surface area contributed by atoms with Crippen LogP contribution in [0.15, 0.2) is 18.2 Å². The highest BCUT2D eigenvalue weighted by Gasteiger charge is 2.12. The maximum absolute atomic E-state index is 11.9. The third kappa shape index (κ3) is 4.76. The van der Waals surface area contributed by atoms with E-state index in [4.69, 9.17) is 5.11 Å². The van der Waals surface area contributed by atoms with Gasteiger partial charge in [0.1, 0.15) is 6.61 Å². The van der Waals surface area contributed by atoms with Gasteiger partial charge >= 0.3 is 0 Å². The molecule has 0 spiro atoms. The number of carbonyl (C=O) groups excluding carboxylic acids is 1. The lowest BCUT2D eigenvalue weighted by Crippen LogP contribution is -2.20. The minimum Gasteiger partial charge on any atom is -0.384 e. The number of aliphatic hydroxyl groups is 1. The second-order valence-corrected chi connectivity index (χ2v) is 4.67. The highest BCUT2D eigenvalue weighted by atomic mass is 16.2. The molecular weight excluding hydrogens is 238 g/mol. The standard InChI is InChI=1S/C16H21NO2/c1-4-6-13(3)16(19)17-15-9-8-12(2)14(11-15)7-5-10-18/h8-9,11,13,18H,4,6,10H2,1-3H3,(H,17,19). The van der Waals surface area contributed by atoms with Crippen molar-refractivity contribution < 1.29 is 9.90 Å². The summed E-state index contributed by atoms with van der Waals surface area (Å²) in [6, 6.07) is 5.63. The first-order valence-corrected chi connectivity index (χ1v) is 6.59. The van der Waals surface area contributed by atoms with Crippen molar-refractivity contribution in [2.24, 2.45) is 5.92 Å². The number of rotatable bonds is 4. The molecule has 0 saturated heterocycles. The summed E-state index contributed by atoms with van der Waals surface area (Å²) >= 11 is 0. The molecule has 1 rings (SSSR count). The zero-order chi connectivity index (χ0) is 14.3. The van der Waals surface area contributed by atoms with Crippen LogP contribution in [-0.4, -0.2) is 17.6 Å². The van der Waals surface area contributed by atoms with Gasteiger partial charge in [-0.3, -0.25) is 4.79 Å².